The van der Waals surface area contributed by atoms with E-state index in [0.29, 0.717) is 0 Å². The van der Waals surface area contributed by atoms with Crippen LogP contribution in [-0.4, -0.2) is 22.7 Å². The van der Waals surface area contributed by atoms with Gasteiger partial charge < -0.3 is 23.2 Å². The fourth-order valence-electron chi connectivity index (χ4n) is 25.3. The second-order valence-electron chi connectivity index (χ2n) is 38.0. The van der Waals surface area contributed by atoms with Crippen molar-refractivity contribution in [2.75, 3.05) is 9.80 Å². The Labute approximate surface area is 777 Å². The molecule has 27 aromatic rings. The summed E-state index contributed by atoms with van der Waals surface area (Å²) in [5.74, 6) is 0. The van der Waals surface area contributed by atoms with Gasteiger partial charge in [-0.25, -0.2) is 0 Å². The number of anilines is 6. The van der Waals surface area contributed by atoms with Gasteiger partial charge in [-0.1, -0.05) is 309 Å². The first-order chi connectivity index (χ1) is 66.8. The number of furan rings is 1. The summed E-state index contributed by atoms with van der Waals surface area (Å²) in [7, 11) is 0. The maximum Gasteiger partial charge on any atom is 0.333 e. The predicted molar refractivity (Wildman–Crippen MR) is 575 cm³/mol. The monoisotopic (exact) mass is 1710 g/mol. The first-order valence-corrected chi connectivity index (χ1v) is 47.2. The quantitative estimate of drug-likeness (QED) is 0.118. The fraction of sp³-hybridized carbons (Fsp3) is 0.0156. The van der Waals surface area contributed by atoms with Crippen LogP contribution in [0.15, 0.2) is 429 Å². The molecule has 0 unspecified atom stereocenters. The van der Waals surface area contributed by atoms with Crippen molar-refractivity contribution >= 4 is 232 Å². The van der Waals surface area contributed by atoms with Crippen molar-refractivity contribution in [1.82, 2.24) is 8.96 Å². The summed E-state index contributed by atoms with van der Waals surface area (Å²) >= 11 is 0. The molecule has 0 bridgehead atoms. The average molecular weight is 1710 g/mol. The van der Waals surface area contributed by atoms with Crippen LogP contribution in [0.25, 0.3) is 240 Å². The normalized spacial score (nSPS) is 13.1. The third-order valence-corrected chi connectivity index (χ3v) is 31.1. The smallest absolute Gasteiger partial charge is 0.333 e. The first-order valence-electron chi connectivity index (χ1n) is 47.2. The number of rotatable bonds is 7. The topological polar surface area (TPSA) is 29.5 Å². The molecule has 7 heteroatoms. The molecular formula is C128H76B2N4O. The van der Waals surface area contributed by atoms with Gasteiger partial charge in [0.1, 0.15) is 11.2 Å². The van der Waals surface area contributed by atoms with E-state index < -0.39 is 0 Å². The molecule has 0 amide bonds. The molecule has 24 aromatic carbocycles. The van der Waals surface area contributed by atoms with Gasteiger partial charge in [-0.05, 0) is 320 Å². The number of aryl methyl sites for hydroxylation is 2. The van der Waals surface area contributed by atoms with Crippen molar-refractivity contribution in [2.45, 2.75) is 13.8 Å². The second-order valence-corrected chi connectivity index (χ2v) is 38.0. The molecule has 0 fully saturated rings. The third kappa shape index (κ3) is 10.2. The molecule has 0 spiro atoms. The van der Waals surface area contributed by atoms with E-state index in [0.717, 1.165) is 89.1 Å². The lowest BCUT2D eigenvalue weighted by atomic mass is 9.44. The summed E-state index contributed by atoms with van der Waals surface area (Å²) in [6.45, 7) is 4.29. The number of fused-ring (bicyclic) bond motifs is 32. The van der Waals surface area contributed by atoms with Gasteiger partial charge >= 0.3 is 13.7 Å². The van der Waals surface area contributed by atoms with Gasteiger partial charge in [0, 0.05) is 105 Å². The highest BCUT2D eigenvalue weighted by Gasteiger charge is 2.49. The third-order valence-electron chi connectivity index (χ3n) is 31.1. The van der Waals surface area contributed by atoms with Gasteiger partial charge in [-0.3, -0.25) is 0 Å². The molecule has 5 nitrogen and oxygen atoms in total. The molecule has 3 aromatic heterocycles. The first kappa shape index (κ1) is 73.5. The van der Waals surface area contributed by atoms with E-state index in [9.17, 15) is 0 Å². The van der Waals surface area contributed by atoms with Crippen molar-refractivity contribution in [1.29, 1.82) is 0 Å². The van der Waals surface area contributed by atoms with Crippen LogP contribution in [0, 0.1) is 13.8 Å². The van der Waals surface area contributed by atoms with Gasteiger partial charge in [0.05, 0.1) is 0 Å². The van der Waals surface area contributed by atoms with Gasteiger partial charge in [0.25, 0.3) is 0 Å². The van der Waals surface area contributed by atoms with E-state index in [-0.39, 0.29) is 13.7 Å². The van der Waals surface area contributed by atoms with Crippen LogP contribution in [0.4, 0.5) is 34.1 Å². The molecule has 4 aliphatic rings. The minimum absolute atomic E-state index is 0.223. The Morgan fingerprint density at radius 2 is 0.600 bits per heavy atom. The van der Waals surface area contributed by atoms with Crippen molar-refractivity contribution in [3.63, 3.8) is 0 Å². The van der Waals surface area contributed by atoms with Crippen molar-refractivity contribution in [3.05, 3.63) is 436 Å². The lowest BCUT2D eigenvalue weighted by Gasteiger charge is -2.42. The van der Waals surface area contributed by atoms with E-state index in [1.165, 1.54) is 218 Å². The van der Waals surface area contributed by atoms with Crippen molar-refractivity contribution in [2.24, 2.45) is 0 Å². The second kappa shape index (κ2) is 27.2. The highest BCUT2D eigenvalue weighted by atomic mass is 16.3. The van der Waals surface area contributed by atoms with Crippen LogP contribution >= 0.6 is 0 Å². The van der Waals surface area contributed by atoms with Gasteiger partial charge in [-0.15, -0.1) is 0 Å². The maximum atomic E-state index is 7.98. The highest BCUT2D eigenvalue weighted by Crippen LogP contribution is 2.57. The van der Waals surface area contributed by atoms with Crippen LogP contribution in [0.5, 0.6) is 0 Å². The van der Waals surface area contributed by atoms with Gasteiger partial charge in [0.2, 0.25) is 0 Å². The highest BCUT2D eigenvalue weighted by molar-refractivity contribution is 6.92. The molecule has 7 heterocycles. The molecular weight excluding hydrogens is 1630 g/mol. The molecule has 0 aliphatic carbocycles. The summed E-state index contributed by atoms with van der Waals surface area (Å²) < 4.78 is 13.5. The van der Waals surface area contributed by atoms with E-state index >= 15 is 0 Å². The molecule has 31 rings (SSSR count). The lowest BCUT2D eigenvalue weighted by molar-refractivity contribution is 0.670. The molecule has 0 N–H and O–H groups in total. The predicted octanol–water partition coefficient (Wildman–Crippen LogP) is 32.0. The Kier molecular flexibility index (Phi) is 14.8. The lowest BCUT2D eigenvalue weighted by Crippen LogP contribution is -2.57. The Bertz CT molecular complexity index is 9950. The van der Waals surface area contributed by atoms with E-state index in [2.05, 4.69) is 457 Å². The number of aromatic nitrogens is 2. The SMILES string of the molecule is Cc1c2c(cc3cc4ccc(-c5ccc6c(c5)oc5c7c8c(cc56)N(c5cc(-c6ccccc6)cc(-c6ccccc6)c5)c5c(cc6cc9ccccc9cc6c5C)B8n5c6ccc8ccccc8c6c6c8ccccc8cc-7c65)cc4cc13)B1c3c(cc4ccccc4c3-c3cc4ccccc4c4c5c6ccccc6ccc5n1c34)N2c1cc(-c2ccccc2)cc(-c2ccccc2)c1. The average Bonchev–Trinajstić information content (AvgIpc) is 1.45. The van der Waals surface area contributed by atoms with Crippen LogP contribution in [0.2, 0.25) is 0 Å². The number of hydrogen-bond donors (Lipinski definition) is 0. The molecule has 0 radical (unpaired) electrons. The summed E-state index contributed by atoms with van der Waals surface area (Å²) in [5.41, 5.74) is 37.4. The van der Waals surface area contributed by atoms with Gasteiger partial charge in [-0.2, -0.15) is 0 Å². The van der Waals surface area contributed by atoms with Crippen LogP contribution in [0.3, 0.4) is 0 Å². The zero-order valence-corrected chi connectivity index (χ0v) is 73.8. The van der Waals surface area contributed by atoms with Crippen molar-refractivity contribution < 1.29 is 4.42 Å². The Balaban J connectivity index is 0.652. The summed E-state index contributed by atoms with van der Waals surface area (Å²) in [4.78, 5) is 5.35. The maximum absolute atomic E-state index is 7.98. The largest absolute Gasteiger partial charge is 0.455 e. The molecule has 0 saturated heterocycles. The fourth-order valence-corrected chi connectivity index (χ4v) is 25.3. The summed E-state index contributed by atoms with van der Waals surface area (Å²) in [6, 6.07) is 162. The molecule has 620 valence electrons. The zero-order chi connectivity index (χ0) is 88.0. The van der Waals surface area contributed by atoms with E-state index in [1.54, 1.807) is 0 Å². The van der Waals surface area contributed by atoms with E-state index in [1.807, 2.05) is 0 Å². The molecule has 135 heavy (non-hydrogen) atoms. The number of nitrogens with zero attached hydrogens (tertiary/aromatic N) is 4. The molecule has 0 atom stereocenters. The van der Waals surface area contributed by atoms with Gasteiger partial charge in [0.15, 0.2) is 0 Å². The van der Waals surface area contributed by atoms with Crippen LogP contribution in [0.1, 0.15) is 11.1 Å². The molecule has 0 saturated carbocycles. The molecule has 4 aliphatic heterocycles. The van der Waals surface area contributed by atoms with Crippen molar-refractivity contribution in [3.8, 4) is 77.9 Å². The Hall–Kier alpha value is -17.3. The van der Waals surface area contributed by atoms with Crippen LogP contribution in [-0.2, 0) is 0 Å². The minimum atomic E-state index is -0.296. The van der Waals surface area contributed by atoms with Crippen LogP contribution < -0.4 is 31.7 Å². The standard InChI is InChI=1S/C128H76B2N4O/c1-73-104-64-82-38-16-15-37-81(82)56-94(104)68-110-125(73)132(97-62-91(77-31-11-5-12-32-77)59-92(63-97)78-33-13-6-14-34-78)114-72-106-103-52-49-85(71-115(103)135-128(106)121-108-66-87-40-20-26-46-102(87)120-118-99-43-23-18-36-80(99)51-54-112(118)134(127(108)120)130(110)123(114)121)83-47-48-84-57-95-69-109-124(74(2)105(95)67-93(84)55-83)131(96-60-89(75-27-7-3-8-28-75)58-90(61-96)76-29-9-4-10-30-76)113-70-88-41-21-24-44-100(88)116-107-65-86-39-19-25-45-101(86)119-117-98-42-22-17-35-79(98)50-53-111(117)133(126(107)119)129(109)122(113)116/h3-72H,1-2H3. The summed E-state index contributed by atoms with van der Waals surface area (Å²) in [6.07, 6.45) is 0. The minimum Gasteiger partial charge on any atom is -0.455 e. The van der Waals surface area contributed by atoms with E-state index in [4.69, 9.17) is 4.42 Å². The Morgan fingerprint density at radius 3 is 1.10 bits per heavy atom. The zero-order valence-electron chi connectivity index (χ0n) is 73.8. The summed E-state index contributed by atoms with van der Waals surface area (Å²) in [5, 5.41) is 29.3. The Morgan fingerprint density at radius 1 is 0.222 bits per heavy atom. The number of benzene rings is 24. The number of hydrogen-bond acceptors (Lipinski definition) is 3.